The largest absolute Gasteiger partial charge is 0.492 e. The highest BCUT2D eigenvalue weighted by atomic mass is 32.2. The quantitative estimate of drug-likeness (QED) is 0.242. The number of aliphatic hydroxyl groups is 1. The van der Waals surface area contributed by atoms with Gasteiger partial charge in [-0.1, -0.05) is 45.0 Å². The van der Waals surface area contributed by atoms with Crippen LogP contribution in [0.1, 0.15) is 50.0 Å². The molecule has 47 heavy (non-hydrogen) atoms. The van der Waals surface area contributed by atoms with Crippen molar-refractivity contribution in [2.75, 3.05) is 55.5 Å². The van der Waals surface area contributed by atoms with Crippen LogP contribution in [-0.2, 0) is 29.7 Å². The Bertz CT molecular complexity index is 1790. The first-order chi connectivity index (χ1) is 22.0. The van der Waals surface area contributed by atoms with Gasteiger partial charge in [0, 0.05) is 17.5 Å². The van der Waals surface area contributed by atoms with E-state index in [-0.39, 0.29) is 54.6 Å². The number of fused-ring (bicyclic) bond motifs is 1. The summed E-state index contributed by atoms with van der Waals surface area (Å²) in [5.74, 6) is -0.686. The maximum atomic E-state index is 13.9. The summed E-state index contributed by atoms with van der Waals surface area (Å²) in [5, 5.41) is 16.8. The number of sulfonamides is 1. The second kappa shape index (κ2) is 13.8. The summed E-state index contributed by atoms with van der Waals surface area (Å²) in [6, 6.07) is 13.1. The van der Waals surface area contributed by atoms with E-state index in [9.17, 15) is 27.9 Å². The molecule has 0 aliphatic carbocycles. The number of morpholine rings is 1. The van der Waals surface area contributed by atoms with Gasteiger partial charge in [-0.3, -0.25) is 14.3 Å². The van der Waals surface area contributed by atoms with E-state index in [0.717, 1.165) is 11.8 Å². The number of rotatable bonds is 9. The Labute approximate surface area is 274 Å². The SMILES string of the molecule is COC(=O)CC1CN(C(=O)c2ccc(NC(=O)Nc3cc(C(C)(C)C)cc(NS(C)(=O)=O)c3OC)c3ccccc23)CC(C)(CO)O1. The smallest absolute Gasteiger partial charge is 0.323 e. The number of nitrogens with zero attached hydrogens (tertiary/aromatic N) is 1. The maximum Gasteiger partial charge on any atom is 0.323 e. The van der Waals surface area contributed by atoms with Crippen LogP contribution in [0.5, 0.6) is 5.75 Å². The van der Waals surface area contributed by atoms with Crippen molar-refractivity contribution in [3.8, 4) is 5.75 Å². The molecule has 1 fully saturated rings. The minimum absolute atomic E-state index is 0.0795. The van der Waals surface area contributed by atoms with Crippen molar-refractivity contribution >= 4 is 55.8 Å². The van der Waals surface area contributed by atoms with Crippen molar-refractivity contribution < 1.29 is 42.1 Å². The number of nitrogens with one attached hydrogen (secondary N) is 3. The van der Waals surface area contributed by atoms with Gasteiger partial charge in [0.1, 0.15) is 5.60 Å². The monoisotopic (exact) mass is 670 g/mol. The van der Waals surface area contributed by atoms with Crippen LogP contribution in [0.25, 0.3) is 10.8 Å². The molecule has 13 nitrogen and oxygen atoms in total. The second-order valence-electron chi connectivity index (χ2n) is 12.8. The highest BCUT2D eigenvalue weighted by molar-refractivity contribution is 7.92. The summed E-state index contributed by atoms with van der Waals surface area (Å²) in [7, 11) is -1.01. The summed E-state index contributed by atoms with van der Waals surface area (Å²) < 4.78 is 42.9. The molecule has 4 N–H and O–H groups in total. The molecule has 1 aliphatic rings. The molecular formula is C33H42N4O9S. The molecule has 4 rings (SSSR count). The van der Waals surface area contributed by atoms with E-state index in [2.05, 4.69) is 15.4 Å². The molecule has 0 spiro atoms. The molecule has 2 atom stereocenters. The number of ether oxygens (including phenoxy) is 3. The lowest BCUT2D eigenvalue weighted by molar-refractivity contribution is -0.169. The van der Waals surface area contributed by atoms with E-state index < -0.39 is 33.7 Å². The van der Waals surface area contributed by atoms with Gasteiger partial charge in [-0.25, -0.2) is 13.2 Å². The highest BCUT2D eigenvalue weighted by Crippen LogP contribution is 2.39. The fourth-order valence-corrected chi connectivity index (χ4v) is 6.05. The Hall–Kier alpha value is -4.40. The van der Waals surface area contributed by atoms with E-state index in [1.165, 1.54) is 14.2 Å². The van der Waals surface area contributed by atoms with Crippen molar-refractivity contribution in [2.45, 2.75) is 51.2 Å². The van der Waals surface area contributed by atoms with Gasteiger partial charge in [-0.2, -0.15) is 0 Å². The minimum atomic E-state index is -3.66. The number of hydrogen-bond donors (Lipinski definition) is 4. The molecule has 14 heteroatoms. The van der Waals surface area contributed by atoms with Crippen molar-refractivity contribution in [3.05, 3.63) is 59.7 Å². The minimum Gasteiger partial charge on any atom is -0.492 e. The zero-order chi connectivity index (χ0) is 34.7. The average Bonchev–Trinajstić information content (AvgIpc) is 2.99. The van der Waals surface area contributed by atoms with Crippen LogP contribution in [0.3, 0.4) is 0 Å². The van der Waals surface area contributed by atoms with Crippen molar-refractivity contribution in [1.29, 1.82) is 0 Å². The van der Waals surface area contributed by atoms with E-state index in [1.54, 1.807) is 60.4 Å². The van der Waals surface area contributed by atoms with Gasteiger partial charge >= 0.3 is 12.0 Å². The molecular weight excluding hydrogens is 628 g/mol. The van der Waals surface area contributed by atoms with Crippen LogP contribution in [0.2, 0.25) is 0 Å². The van der Waals surface area contributed by atoms with E-state index in [1.807, 2.05) is 20.8 Å². The number of carbonyl (C=O) groups excluding carboxylic acids is 3. The third-order valence-electron chi connectivity index (χ3n) is 7.75. The number of hydrogen-bond acceptors (Lipinski definition) is 9. The Morgan fingerprint density at radius 3 is 2.26 bits per heavy atom. The second-order valence-corrected chi connectivity index (χ2v) is 14.6. The van der Waals surface area contributed by atoms with Crippen molar-refractivity contribution in [2.24, 2.45) is 0 Å². The lowest BCUT2D eigenvalue weighted by Crippen LogP contribution is -2.58. The summed E-state index contributed by atoms with van der Waals surface area (Å²) in [6.45, 7) is 7.40. The summed E-state index contributed by atoms with van der Waals surface area (Å²) in [5.41, 5.74) is 0.495. The standard InChI is InChI=1S/C33H42N4O9S/c1-32(2,3)20-14-26(29(45-6)27(15-20)36-47(7,42)43)35-31(41)34-25-13-12-24(22-10-8-9-11-23(22)25)30(40)37-17-21(16-28(39)44-5)46-33(4,18-37)19-38/h8-15,21,36,38H,16-19H2,1-7H3,(H2,34,35,41). The number of amides is 3. The Balaban J connectivity index is 1.65. The van der Waals surface area contributed by atoms with E-state index in [4.69, 9.17) is 14.2 Å². The number of aliphatic hydroxyl groups excluding tert-OH is 1. The zero-order valence-electron chi connectivity index (χ0n) is 27.6. The third kappa shape index (κ3) is 8.50. The molecule has 0 bridgehead atoms. The van der Waals surface area contributed by atoms with E-state index >= 15 is 0 Å². The van der Waals surface area contributed by atoms with Crippen molar-refractivity contribution in [3.63, 3.8) is 0 Å². The van der Waals surface area contributed by atoms with Gasteiger partial charge in [-0.05, 0) is 47.6 Å². The zero-order valence-corrected chi connectivity index (χ0v) is 28.4. The molecule has 2 unspecified atom stereocenters. The summed E-state index contributed by atoms with van der Waals surface area (Å²) in [6.07, 6.45) is 0.278. The first-order valence-electron chi connectivity index (χ1n) is 14.9. The van der Waals surface area contributed by atoms with Crippen molar-refractivity contribution in [1.82, 2.24) is 4.90 Å². The fraction of sp³-hybridized carbons (Fsp3) is 0.424. The molecule has 3 aromatic carbocycles. The topological polar surface area (TPSA) is 173 Å². The molecule has 0 saturated carbocycles. The van der Waals surface area contributed by atoms with Crippen LogP contribution in [0.15, 0.2) is 48.5 Å². The van der Waals surface area contributed by atoms with Gasteiger partial charge in [0.05, 0.1) is 63.2 Å². The predicted molar refractivity (Wildman–Crippen MR) is 180 cm³/mol. The van der Waals surface area contributed by atoms with Gasteiger partial charge in [-0.15, -0.1) is 0 Å². The molecule has 1 heterocycles. The Morgan fingerprint density at radius 2 is 1.66 bits per heavy atom. The molecule has 3 aromatic rings. The van der Waals surface area contributed by atoms with Gasteiger partial charge in [0.25, 0.3) is 5.91 Å². The Morgan fingerprint density at radius 1 is 1.02 bits per heavy atom. The molecule has 1 aliphatic heterocycles. The maximum absolute atomic E-state index is 13.9. The number of methoxy groups -OCH3 is 2. The number of benzene rings is 3. The van der Waals surface area contributed by atoms with Gasteiger partial charge in [0.15, 0.2) is 5.75 Å². The third-order valence-corrected chi connectivity index (χ3v) is 8.34. The Kier molecular flexibility index (Phi) is 10.4. The lowest BCUT2D eigenvalue weighted by atomic mass is 9.86. The normalized spacial score (nSPS) is 18.4. The molecule has 0 radical (unpaired) electrons. The van der Waals surface area contributed by atoms with Crippen LogP contribution in [0, 0.1) is 0 Å². The van der Waals surface area contributed by atoms with Crippen LogP contribution in [0.4, 0.5) is 21.9 Å². The molecule has 0 aromatic heterocycles. The summed E-state index contributed by atoms with van der Waals surface area (Å²) in [4.78, 5) is 40.8. The first kappa shape index (κ1) is 35.5. The van der Waals surface area contributed by atoms with Crippen LogP contribution >= 0.6 is 0 Å². The number of urea groups is 1. The molecule has 1 saturated heterocycles. The number of carbonyl (C=O) groups is 3. The van der Waals surface area contributed by atoms with Gasteiger partial charge in [0.2, 0.25) is 10.0 Å². The number of esters is 1. The fourth-order valence-electron chi connectivity index (χ4n) is 5.50. The van der Waals surface area contributed by atoms with Crippen LogP contribution < -0.4 is 20.1 Å². The molecule has 254 valence electrons. The first-order valence-corrected chi connectivity index (χ1v) is 16.8. The highest BCUT2D eigenvalue weighted by Gasteiger charge is 2.40. The number of anilines is 3. The lowest BCUT2D eigenvalue weighted by Gasteiger charge is -2.43. The predicted octanol–water partition coefficient (Wildman–Crippen LogP) is 4.32. The van der Waals surface area contributed by atoms with Crippen LogP contribution in [-0.4, -0.2) is 88.2 Å². The van der Waals surface area contributed by atoms with Gasteiger partial charge < -0.3 is 34.9 Å². The average molecular weight is 671 g/mol. The summed E-state index contributed by atoms with van der Waals surface area (Å²) >= 11 is 0. The van der Waals surface area contributed by atoms with E-state index in [0.29, 0.717) is 22.0 Å². The molecule has 3 amide bonds.